The van der Waals surface area contributed by atoms with Crippen LogP contribution in [0.15, 0.2) is 12.1 Å². The zero-order valence-corrected chi connectivity index (χ0v) is 10.6. The summed E-state index contributed by atoms with van der Waals surface area (Å²) in [5, 5.41) is 2.85. The fourth-order valence-electron chi connectivity index (χ4n) is 2.99. The van der Waals surface area contributed by atoms with E-state index >= 15 is 0 Å². The van der Waals surface area contributed by atoms with E-state index in [9.17, 15) is 4.79 Å². The summed E-state index contributed by atoms with van der Waals surface area (Å²) in [5.41, 5.74) is 9.14. The highest BCUT2D eigenvalue weighted by Crippen LogP contribution is 2.46. The van der Waals surface area contributed by atoms with Crippen LogP contribution in [0.3, 0.4) is 0 Å². The van der Waals surface area contributed by atoms with E-state index in [4.69, 9.17) is 10.5 Å². The SMILES string of the molecule is COc1cc(C2(CN)CCC2)cc2c1NC(=O)C2. The lowest BCUT2D eigenvalue weighted by Gasteiger charge is -2.42. The zero-order valence-electron chi connectivity index (χ0n) is 10.6. The van der Waals surface area contributed by atoms with E-state index in [-0.39, 0.29) is 11.3 Å². The maximum atomic E-state index is 11.5. The van der Waals surface area contributed by atoms with Crippen LogP contribution in [0.25, 0.3) is 0 Å². The Morgan fingerprint density at radius 2 is 2.22 bits per heavy atom. The van der Waals surface area contributed by atoms with Gasteiger partial charge in [0, 0.05) is 12.0 Å². The highest BCUT2D eigenvalue weighted by Gasteiger charge is 2.38. The highest BCUT2D eigenvalue weighted by atomic mass is 16.5. The number of amides is 1. The Balaban J connectivity index is 2.08. The highest BCUT2D eigenvalue weighted by molar-refractivity contribution is 6.01. The van der Waals surface area contributed by atoms with Crippen molar-refractivity contribution in [3.05, 3.63) is 23.3 Å². The van der Waals surface area contributed by atoms with Gasteiger partial charge < -0.3 is 15.8 Å². The van der Waals surface area contributed by atoms with Crippen molar-refractivity contribution in [2.24, 2.45) is 5.73 Å². The van der Waals surface area contributed by atoms with Crippen LogP contribution >= 0.6 is 0 Å². The predicted octanol–water partition coefficient (Wildman–Crippen LogP) is 1.57. The van der Waals surface area contributed by atoms with Gasteiger partial charge in [0.15, 0.2) is 0 Å². The average Bonchev–Trinajstić information content (AvgIpc) is 2.67. The van der Waals surface area contributed by atoms with E-state index in [1.165, 1.54) is 12.0 Å². The van der Waals surface area contributed by atoms with Crippen LogP contribution in [0.5, 0.6) is 5.75 Å². The van der Waals surface area contributed by atoms with Crippen molar-refractivity contribution in [3.63, 3.8) is 0 Å². The summed E-state index contributed by atoms with van der Waals surface area (Å²) >= 11 is 0. The van der Waals surface area contributed by atoms with Gasteiger partial charge in [-0.1, -0.05) is 12.5 Å². The quantitative estimate of drug-likeness (QED) is 0.851. The van der Waals surface area contributed by atoms with Gasteiger partial charge in [0.1, 0.15) is 5.75 Å². The van der Waals surface area contributed by atoms with Gasteiger partial charge in [0.2, 0.25) is 5.91 Å². The van der Waals surface area contributed by atoms with E-state index < -0.39 is 0 Å². The molecule has 0 aromatic heterocycles. The summed E-state index contributed by atoms with van der Waals surface area (Å²) in [6.45, 7) is 0.663. The van der Waals surface area contributed by atoms with Gasteiger partial charge in [-0.2, -0.15) is 0 Å². The topological polar surface area (TPSA) is 64.3 Å². The van der Waals surface area contributed by atoms with Gasteiger partial charge >= 0.3 is 0 Å². The molecule has 2 aliphatic rings. The van der Waals surface area contributed by atoms with Crippen molar-refractivity contribution in [2.75, 3.05) is 19.0 Å². The maximum absolute atomic E-state index is 11.5. The molecule has 1 aliphatic carbocycles. The number of anilines is 1. The Morgan fingerprint density at radius 1 is 1.44 bits per heavy atom. The van der Waals surface area contributed by atoms with Crippen LogP contribution in [0.1, 0.15) is 30.4 Å². The van der Waals surface area contributed by atoms with Crippen LogP contribution in [0.2, 0.25) is 0 Å². The largest absolute Gasteiger partial charge is 0.495 e. The number of methoxy groups -OCH3 is 1. The van der Waals surface area contributed by atoms with Crippen LogP contribution < -0.4 is 15.8 Å². The van der Waals surface area contributed by atoms with Gasteiger partial charge in [0.25, 0.3) is 0 Å². The molecule has 1 aliphatic heterocycles. The molecular formula is C14H18N2O2. The van der Waals surface area contributed by atoms with Crippen molar-refractivity contribution in [2.45, 2.75) is 31.1 Å². The standard InChI is InChI=1S/C14H18N2O2/c1-18-11-7-10(14(8-15)3-2-4-14)5-9-6-12(17)16-13(9)11/h5,7H,2-4,6,8,15H2,1H3,(H,16,17). The molecule has 0 saturated heterocycles. The van der Waals surface area contributed by atoms with Crippen molar-refractivity contribution in [1.82, 2.24) is 0 Å². The summed E-state index contributed by atoms with van der Waals surface area (Å²) in [6, 6.07) is 4.16. The number of hydrogen-bond acceptors (Lipinski definition) is 3. The number of rotatable bonds is 3. The Labute approximate surface area is 107 Å². The van der Waals surface area contributed by atoms with Gasteiger partial charge in [-0.15, -0.1) is 0 Å². The second kappa shape index (κ2) is 3.99. The van der Waals surface area contributed by atoms with Gasteiger partial charge in [0.05, 0.1) is 19.2 Å². The van der Waals surface area contributed by atoms with E-state index in [0.29, 0.717) is 13.0 Å². The minimum atomic E-state index is 0.0378. The van der Waals surface area contributed by atoms with E-state index in [2.05, 4.69) is 11.4 Å². The monoisotopic (exact) mass is 246 g/mol. The molecule has 4 nitrogen and oxygen atoms in total. The number of carbonyl (C=O) groups is 1. The Bertz CT molecular complexity index is 501. The normalized spacial score (nSPS) is 20.0. The zero-order chi connectivity index (χ0) is 12.8. The second-order valence-corrected chi connectivity index (χ2v) is 5.28. The first-order chi connectivity index (χ1) is 8.68. The summed E-state index contributed by atoms with van der Waals surface area (Å²) in [5.74, 6) is 0.795. The lowest BCUT2D eigenvalue weighted by atomic mass is 9.64. The van der Waals surface area contributed by atoms with Gasteiger partial charge in [-0.25, -0.2) is 0 Å². The first-order valence-electron chi connectivity index (χ1n) is 6.40. The van der Waals surface area contributed by atoms with Crippen LogP contribution in [0.4, 0.5) is 5.69 Å². The molecule has 0 atom stereocenters. The van der Waals surface area contributed by atoms with E-state index in [0.717, 1.165) is 29.8 Å². The molecule has 1 amide bonds. The first kappa shape index (κ1) is 11.5. The molecule has 1 aromatic rings. The predicted molar refractivity (Wildman–Crippen MR) is 69.9 cm³/mol. The number of hydrogen-bond donors (Lipinski definition) is 2. The molecule has 0 radical (unpaired) electrons. The summed E-state index contributed by atoms with van der Waals surface area (Å²) in [7, 11) is 1.64. The number of fused-ring (bicyclic) bond motifs is 1. The van der Waals surface area contributed by atoms with Crippen molar-refractivity contribution in [3.8, 4) is 5.75 Å². The number of nitrogens with two attached hydrogens (primary N) is 1. The molecule has 1 fully saturated rings. The molecular weight excluding hydrogens is 228 g/mol. The minimum Gasteiger partial charge on any atom is -0.495 e. The summed E-state index contributed by atoms with van der Waals surface area (Å²) in [4.78, 5) is 11.5. The third kappa shape index (κ3) is 1.52. The minimum absolute atomic E-state index is 0.0378. The Morgan fingerprint density at radius 3 is 2.78 bits per heavy atom. The molecule has 0 unspecified atom stereocenters. The maximum Gasteiger partial charge on any atom is 0.228 e. The molecule has 96 valence electrons. The molecule has 0 bridgehead atoms. The van der Waals surface area contributed by atoms with Crippen molar-refractivity contribution in [1.29, 1.82) is 0 Å². The molecule has 3 rings (SSSR count). The summed E-state index contributed by atoms with van der Waals surface area (Å²) < 4.78 is 5.40. The average molecular weight is 246 g/mol. The lowest BCUT2D eigenvalue weighted by molar-refractivity contribution is -0.115. The van der Waals surface area contributed by atoms with Crippen LogP contribution in [-0.2, 0) is 16.6 Å². The molecule has 1 saturated carbocycles. The molecule has 3 N–H and O–H groups in total. The molecule has 18 heavy (non-hydrogen) atoms. The Kier molecular flexibility index (Phi) is 2.55. The van der Waals surface area contributed by atoms with Crippen LogP contribution in [-0.4, -0.2) is 19.6 Å². The second-order valence-electron chi connectivity index (χ2n) is 5.28. The van der Waals surface area contributed by atoms with Crippen LogP contribution in [0, 0.1) is 0 Å². The fourth-order valence-corrected chi connectivity index (χ4v) is 2.99. The number of benzene rings is 1. The molecule has 1 heterocycles. The van der Waals surface area contributed by atoms with E-state index in [1.54, 1.807) is 7.11 Å². The molecule has 1 aromatic carbocycles. The van der Waals surface area contributed by atoms with E-state index in [1.807, 2.05) is 6.07 Å². The molecule has 0 spiro atoms. The number of carbonyl (C=O) groups excluding carboxylic acids is 1. The van der Waals surface area contributed by atoms with Crippen molar-refractivity contribution < 1.29 is 9.53 Å². The Hall–Kier alpha value is -1.55. The molecule has 4 heteroatoms. The smallest absolute Gasteiger partial charge is 0.228 e. The van der Waals surface area contributed by atoms with Crippen molar-refractivity contribution >= 4 is 11.6 Å². The first-order valence-corrected chi connectivity index (χ1v) is 6.40. The summed E-state index contributed by atoms with van der Waals surface area (Å²) in [6.07, 6.45) is 3.94. The van der Waals surface area contributed by atoms with Gasteiger partial charge in [-0.05, 0) is 30.0 Å². The lowest BCUT2D eigenvalue weighted by Crippen LogP contribution is -2.41. The van der Waals surface area contributed by atoms with Gasteiger partial charge in [-0.3, -0.25) is 4.79 Å². The fraction of sp³-hybridized carbons (Fsp3) is 0.500. The number of ether oxygens (including phenoxy) is 1. The third-order valence-electron chi connectivity index (χ3n) is 4.33. The third-order valence-corrected chi connectivity index (χ3v) is 4.33. The number of nitrogens with one attached hydrogen (secondary N) is 1.